The van der Waals surface area contributed by atoms with Crippen LogP contribution in [0.4, 0.5) is 0 Å². The molecule has 0 atom stereocenters. The molecule has 0 fully saturated rings. The maximum Gasteiger partial charge on any atom is 0.240 e. The second kappa shape index (κ2) is 7.09. The van der Waals surface area contributed by atoms with Crippen LogP contribution in [-0.2, 0) is 16.6 Å². The van der Waals surface area contributed by atoms with Crippen molar-refractivity contribution in [3.8, 4) is 0 Å². The fourth-order valence-electron chi connectivity index (χ4n) is 2.18. The van der Waals surface area contributed by atoms with Crippen LogP contribution >= 0.6 is 11.3 Å². The highest BCUT2D eigenvalue weighted by molar-refractivity contribution is 7.89. The van der Waals surface area contributed by atoms with Crippen LogP contribution in [0.15, 0.2) is 77.7 Å². The summed E-state index contributed by atoms with van der Waals surface area (Å²) >= 11 is 1.30. The van der Waals surface area contributed by atoms with Gasteiger partial charge < -0.3 is 0 Å². The predicted molar refractivity (Wildman–Crippen MR) is 94.7 cm³/mol. The third-order valence-electron chi connectivity index (χ3n) is 3.41. The smallest absolute Gasteiger partial charge is 0.240 e. The van der Waals surface area contributed by atoms with Gasteiger partial charge in [0.1, 0.15) is 0 Å². The minimum Gasteiger partial charge on any atom is -0.288 e. The number of sulfonamides is 1. The highest BCUT2D eigenvalue weighted by Gasteiger charge is 2.15. The number of ketones is 1. The van der Waals surface area contributed by atoms with Gasteiger partial charge in [-0.15, -0.1) is 11.3 Å². The predicted octanol–water partition coefficient (Wildman–Crippen LogP) is 3.46. The normalized spacial score (nSPS) is 11.3. The summed E-state index contributed by atoms with van der Waals surface area (Å²) in [7, 11) is -3.55. The van der Waals surface area contributed by atoms with E-state index in [9.17, 15) is 13.2 Å². The van der Waals surface area contributed by atoms with Crippen molar-refractivity contribution in [2.75, 3.05) is 0 Å². The molecule has 0 spiro atoms. The monoisotopic (exact) mass is 357 g/mol. The first-order chi connectivity index (χ1) is 11.6. The van der Waals surface area contributed by atoms with Crippen molar-refractivity contribution in [1.82, 2.24) is 4.72 Å². The number of carbonyl (C=O) groups excluding carboxylic acids is 1. The van der Waals surface area contributed by atoms with Crippen molar-refractivity contribution in [1.29, 1.82) is 0 Å². The minimum atomic E-state index is -3.55. The molecule has 1 heterocycles. The first kappa shape index (κ1) is 16.6. The summed E-state index contributed by atoms with van der Waals surface area (Å²) in [6.07, 6.45) is 0. The van der Waals surface area contributed by atoms with Gasteiger partial charge >= 0.3 is 0 Å². The second-order valence-corrected chi connectivity index (χ2v) is 8.03. The van der Waals surface area contributed by atoms with E-state index in [1.165, 1.54) is 11.3 Å². The Morgan fingerprint density at radius 3 is 2.17 bits per heavy atom. The van der Waals surface area contributed by atoms with Gasteiger partial charge in [0.15, 0.2) is 0 Å². The maximum absolute atomic E-state index is 12.4. The van der Waals surface area contributed by atoms with Gasteiger partial charge in [0.25, 0.3) is 0 Å². The van der Waals surface area contributed by atoms with Crippen LogP contribution in [0.5, 0.6) is 0 Å². The van der Waals surface area contributed by atoms with E-state index in [1.54, 1.807) is 54.6 Å². The number of carbonyl (C=O) groups is 1. The third-order valence-corrected chi connectivity index (χ3v) is 5.91. The van der Waals surface area contributed by atoms with Gasteiger partial charge in [-0.3, -0.25) is 4.79 Å². The lowest BCUT2D eigenvalue weighted by Crippen LogP contribution is -2.22. The average molecular weight is 357 g/mol. The molecule has 2 aromatic carbocycles. The quantitative estimate of drug-likeness (QED) is 0.687. The molecule has 0 radical (unpaired) electrons. The molecular weight excluding hydrogens is 342 g/mol. The van der Waals surface area contributed by atoms with E-state index >= 15 is 0 Å². The van der Waals surface area contributed by atoms with Gasteiger partial charge in [0.2, 0.25) is 15.8 Å². The number of nitrogens with one attached hydrogen (secondary N) is 1. The van der Waals surface area contributed by atoms with Crippen molar-refractivity contribution in [2.45, 2.75) is 11.4 Å². The fourth-order valence-corrected chi connectivity index (χ4v) is 4.20. The Bertz CT molecular complexity index is 933. The van der Waals surface area contributed by atoms with Gasteiger partial charge in [-0.05, 0) is 24.3 Å². The molecular formula is C18H15NO3S2. The van der Waals surface area contributed by atoms with E-state index in [1.807, 2.05) is 18.2 Å². The first-order valence-corrected chi connectivity index (χ1v) is 9.59. The summed E-state index contributed by atoms with van der Waals surface area (Å²) < 4.78 is 26.9. The van der Waals surface area contributed by atoms with E-state index in [-0.39, 0.29) is 17.2 Å². The van der Waals surface area contributed by atoms with E-state index < -0.39 is 10.0 Å². The Morgan fingerprint density at radius 2 is 1.50 bits per heavy atom. The Balaban J connectivity index is 1.70. The summed E-state index contributed by atoms with van der Waals surface area (Å²) in [5, 5.41) is 0. The van der Waals surface area contributed by atoms with Crippen LogP contribution in [-0.4, -0.2) is 14.2 Å². The fraction of sp³-hybridized carbons (Fsp3) is 0.0556. The molecule has 0 aliphatic rings. The van der Waals surface area contributed by atoms with Crippen LogP contribution in [0.3, 0.4) is 0 Å². The van der Waals surface area contributed by atoms with Crippen molar-refractivity contribution in [3.05, 3.63) is 88.1 Å². The molecule has 1 N–H and O–H groups in total. The third kappa shape index (κ3) is 3.79. The highest BCUT2D eigenvalue weighted by Crippen LogP contribution is 2.20. The van der Waals surface area contributed by atoms with Crippen molar-refractivity contribution < 1.29 is 13.2 Å². The molecule has 0 bridgehead atoms. The van der Waals surface area contributed by atoms with E-state index in [0.717, 1.165) is 4.88 Å². The maximum atomic E-state index is 12.4. The zero-order valence-corrected chi connectivity index (χ0v) is 14.3. The Hall–Kier alpha value is -2.28. The van der Waals surface area contributed by atoms with Crippen molar-refractivity contribution in [3.63, 3.8) is 0 Å². The average Bonchev–Trinajstić information content (AvgIpc) is 3.10. The Labute approximate surface area is 144 Å². The molecule has 0 unspecified atom stereocenters. The molecule has 4 nitrogen and oxygen atoms in total. The molecule has 3 rings (SSSR count). The van der Waals surface area contributed by atoms with Gasteiger partial charge in [0.05, 0.1) is 9.77 Å². The standard InChI is InChI=1S/C18H15NO3S2/c20-18(14-7-3-1-4-8-14)17-12-11-15(23-17)13-19-24(21,22)16-9-5-2-6-10-16/h1-12,19H,13H2. The SMILES string of the molecule is O=C(c1ccccc1)c1ccc(CNS(=O)(=O)c2ccccc2)s1. The summed E-state index contributed by atoms with van der Waals surface area (Å²) in [6, 6.07) is 20.7. The Kier molecular flexibility index (Phi) is 4.89. The highest BCUT2D eigenvalue weighted by atomic mass is 32.2. The van der Waals surface area contributed by atoms with E-state index in [2.05, 4.69) is 4.72 Å². The number of benzene rings is 2. The van der Waals surface area contributed by atoms with Gasteiger partial charge in [0, 0.05) is 17.0 Å². The van der Waals surface area contributed by atoms with Gasteiger partial charge in [-0.25, -0.2) is 13.1 Å². The number of hydrogen-bond donors (Lipinski definition) is 1. The van der Waals surface area contributed by atoms with E-state index in [4.69, 9.17) is 0 Å². The second-order valence-electron chi connectivity index (χ2n) is 5.10. The minimum absolute atomic E-state index is 0.0576. The van der Waals surface area contributed by atoms with Crippen LogP contribution in [0.1, 0.15) is 20.1 Å². The Morgan fingerprint density at radius 1 is 0.875 bits per heavy atom. The zero-order chi connectivity index (χ0) is 17.0. The topological polar surface area (TPSA) is 63.2 Å². The molecule has 0 amide bonds. The summed E-state index contributed by atoms with van der Waals surface area (Å²) in [4.78, 5) is 14.0. The largest absolute Gasteiger partial charge is 0.288 e. The molecule has 1 aromatic heterocycles. The molecule has 6 heteroatoms. The van der Waals surface area contributed by atoms with Gasteiger partial charge in [-0.1, -0.05) is 48.5 Å². The van der Waals surface area contributed by atoms with Crippen LogP contribution in [0, 0.1) is 0 Å². The molecule has 0 saturated carbocycles. The molecule has 122 valence electrons. The molecule has 0 saturated heterocycles. The van der Waals surface area contributed by atoms with E-state index in [0.29, 0.717) is 10.4 Å². The lowest BCUT2D eigenvalue weighted by atomic mass is 10.1. The summed E-state index contributed by atoms with van der Waals surface area (Å²) in [5.41, 5.74) is 0.621. The lowest BCUT2D eigenvalue weighted by molar-refractivity contribution is 0.104. The first-order valence-electron chi connectivity index (χ1n) is 7.29. The molecule has 3 aromatic rings. The molecule has 0 aliphatic heterocycles. The number of thiophene rings is 1. The van der Waals surface area contributed by atoms with Crippen molar-refractivity contribution in [2.24, 2.45) is 0 Å². The van der Waals surface area contributed by atoms with Crippen molar-refractivity contribution >= 4 is 27.1 Å². The van der Waals surface area contributed by atoms with Crippen LogP contribution in [0.2, 0.25) is 0 Å². The molecule has 0 aliphatic carbocycles. The lowest BCUT2D eigenvalue weighted by Gasteiger charge is -2.05. The summed E-state index contributed by atoms with van der Waals surface area (Å²) in [6.45, 7) is 0.157. The summed E-state index contributed by atoms with van der Waals surface area (Å²) in [5.74, 6) is -0.0576. The number of hydrogen-bond acceptors (Lipinski definition) is 4. The van der Waals surface area contributed by atoms with Gasteiger partial charge in [-0.2, -0.15) is 0 Å². The van der Waals surface area contributed by atoms with Crippen LogP contribution < -0.4 is 4.72 Å². The number of rotatable bonds is 6. The molecule has 24 heavy (non-hydrogen) atoms. The van der Waals surface area contributed by atoms with Crippen LogP contribution in [0.25, 0.3) is 0 Å². The zero-order valence-electron chi connectivity index (χ0n) is 12.7.